The van der Waals surface area contributed by atoms with Gasteiger partial charge in [0.2, 0.25) is 5.91 Å². The number of carbonyl (C=O) groups excluding carboxylic acids is 1. The highest BCUT2D eigenvalue weighted by molar-refractivity contribution is 5.95. The number of nitrogens with one attached hydrogen (secondary N) is 3. The van der Waals surface area contributed by atoms with Crippen LogP contribution in [0.4, 0.5) is 17.1 Å². The number of hydrogen-bond acceptors (Lipinski definition) is 6. The average Bonchev–Trinajstić information content (AvgIpc) is 2.85. The van der Waals surface area contributed by atoms with Gasteiger partial charge in [-0.05, 0) is 42.0 Å². The number of amides is 1. The molecular weight excluding hydrogens is 428 g/mol. The molecule has 1 aromatic heterocycles. The van der Waals surface area contributed by atoms with Crippen LogP contribution < -0.4 is 25.4 Å². The molecule has 4 aromatic rings. The highest BCUT2D eigenvalue weighted by Gasteiger charge is 2.10. The van der Waals surface area contributed by atoms with Gasteiger partial charge in [0, 0.05) is 34.7 Å². The molecule has 3 N–H and O–H groups in total. The fourth-order valence-corrected chi connectivity index (χ4v) is 3.57. The SMILES string of the molecule is C=C(NC(=O)Cc1ccccc1)Nc1ccc(Nc2ccnc3cc(OC)c(OC)cc23)cc1. The maximum atomic E-state index is 12.2. The van der Waals surface area contributed by atoms with Crippen molar-refractivity contribution in [2.75, 3.05) is 24.9 Å². The van der Waals surface area contributed by atoms with Gasteiger partial charge < -0.3 is 25.4 Å². The van der Waals surface area contributed by atoms with Crippen LogP contribution in [0.5, 0.6) is 11.5 Å². The summed E-state index contributed by atoms with van der Waals surface area (Å²) in [6.07, 6.45) is 2.04. The van der Waals surface area contributed by atoms with Crippen molar-refractivity contribution in [2.24, 2.45) is 0 Å². The second-order valence-corrected chi connectivity index (χ2v) is 7.60. The smallest absolute Gasteiger partial charge is 0.229 e. The molecule has 7 heteroatoms. The first-order valence-corrected chi connectivity index (χ1v) is 10.7. The second-order valence-electron chi connectivity index (χ2n) is 7.60. The van der Waals surface area contributed by atoms with E-state index >= 15 is 0 Å². The van der Waals surface area contributed by atoms with Crippen LogP contribution >= 0.6 is 0 Å². The van der Waals surface area contributed by atoms with Crippen LogP contribution in [0.2, 0.25) is 0 Å². The van der Waals surface area contributed by atoms with Crippen LogP contribution in [0, 0.1) is 0 Å². The zero-order valence-electron chi connectivity index (χ0n) is 19.1. The van der Waals surface area contributed by atoms with Crippen molar-refractivity contribution in [2.45, 2.75) is 6.42 Å². The van der Waals surface area contributed by atoms with E-state index in [2.05, 4.69) is 27.5 Å². The number of methoxy groups -OCH3 is 2. The standard InChI is InChI=1S/C27H26N4O3/c1-18(30-27(32)15-19-7-5-4-6-8-19)29-20-9-11-21(12-10-20)31-23-13-14-28-24-17-26(34-3)25(33-2)16-22(23)24/h4-14,16-17,29H,1,15H2,2-3H3,(H,28,31)(H,30,32). The van der Waals surface area contributed by atoms with Crippen LogP contribution in [-0.4, -0.2) is 25.1 Å². The first-order chi connectivity index (χ1) is 16.6. The molecule has 4 rings (SSSR count). The van der Waals surface area contributed by atoms with Crippen molar-refractivity contribution in [1.29, 1.82) is 0 Å². The number of nitrogens with zero attached hydrogens (tertiary/aromatic N) is 1. The number of ether oxygens (including phenoxy) is 2. The van der Waals surface area contributed by atoms with E-state index in [0.29, 0.717) is 23.7 Å². The van der Waals surface area contributed by atoms with Crippen molar-refractivity contribution in [1.82, 2.24) is 10.3 Å². The van der Waals surface area contributed by atoms with Gasteiger partial charge in [-0.1, -0.05) is 36.9 Å². The summed E-state index contributed by atoms with van der Waals surface area (Å²) in [5, 5.41) is 10.2. The van der Waals surface area contributed by atoms with Crippen LogP contribution in [0.1, 0.15) is 5.56 Å². The first kappa shape index (κ1) is 22.7. The molecule has 0 atom stereocenters. The van der Waals surface area contributed by atoms with E-state index < -0.39 is 0 Å². The van der Waals surface area contributed by atoms with Crippen molar-refractivity contribution in [3.8, 4) is 11.5 Å². The molecule has 3 aromatic carbocycles. The number of benzene rings is 3. The Morgan fingerprint density at radius 2 is 1.59 bits per heavy atom. The molecular formula is C27H26N4O3. The molecule has 0 aliphatic heterocycles. The molecule has 0 aliphatic carbocycles. The third kappa shape index (κ3) is 5.45. The van der Waals surface area contributed by atoms with E-state index in [9.17, 15) is 4.79 Å². The van der Waals surface area contributed by atoms with Crippen LogP contribution in [0.15, 0.2) is 91.4 Å². The van der Waals surface area contributed by atoms with Gasteiger partial charge in [0.05, 0.1) is 26.2 Å². The largest absolute Gasteiger partial charge is 0.493 e. The number of fused-ring (bicyclic) bond motifs is 1. The summed E-state index contributed by atoms with van der Waals surface area (Å²) in [4.78, 5) is 16.7. The van der Waals surface area contributed by atoms with Crippen LogP contribution in [0.3, 0.4) is 0 Å². The summed E-state index contributed by atoms with van der Waals surface area (Å²) in [6.45, 7) is 3.90. The Morgan fingerprint density at radius 1 is 0.912 bits per heavy atom. The topological polar surface area (TPSA) is 84.5 Å². The van der Waals surface area contributed by atoms with Crippen molar-refractivity contribution >= 4 is 33.9 Å². The molecule has 0 radical (unpaired) electrons. The lowest BCUT2D eigenvalue weighted by molar-refractivity contribution is -0.119. The summed E-state index contributed by atoms with van der Waals surface area (Å²) in [7, 11) is 3.21. The van der Waals surface area contributed by atoms with Gasteiger partial charge in [0.15, 0.2) is 11.5 Å². The highest BCUT2D eigenvalue weighted by atomic mass is 16.5. The minimum atomic E-state index is -0.126. The Balaban J connectivity index is 1.40. The summed E-state index contributed by atoms with van der Waals surface area (Å²) < 4.78 is 10.8. The maximum absolute atomic E-state index is 12.2. The number of pyridine rings is 1. The number of anilines is 3. The molecule has 1 heterocycles. The van der Waals surface area contributed by atoms with Gasteiger partial charge in [0.1, 0.15) is 5.82 Å². The number of aromatic nitrogens is 1. The molecule has 0 saturated carbocycles. The molecule has 0 spiro atoms. The van der Waals surface area contributed by atoms with Gasteiger partial charge in [0.25, 0.3) is 0 Å². The fourth-order valence-electron chi connectivity index (χ4n) is 3.57. The number of carbonyl (C=O) groups is 1. The average molecular weight is 455 g/mol. The van der Waals surface area contributed by atoms with E-state index in [4.69, 9.17) is 9.47 Å². The van der Waals surface area contributed by atoms with Crippen molar-refractivity contribution in [3.05, 3.63) is 97.0 Å². The third-order valence-corrected chi connectivity index (χ3v) is 5.20. The number of rotatable bonds is 9. The second kappa shape index (κ2) is 10.4. The summed E-state index contributed by atoms with van der Waals surface area (Å²) in [6, 6.07) is 22.9. The van der Waals surface area contributed by atoms with Gasteiger partial charge in [-0.25, -0.2) is 0 Å². The Hall–Kier alpha value is -4.52. The molecule has 0 fully saturated rings. The lowest BCUT2D eigenvalue weighted by Gasteiger charge is -2.14. The normalized spacial score (nSPS) is 10.4. The monoisotopic (exact) mass is 454 g/mol. The first-order valence-electron chi connectivity index (χ1n) is 10.7. The summed E-state index contributed by atoms with van der Waals surface area (Å²) >= 11 is 0. The predicted molar refractivity (Wildman–Crippen MR) is 136 cm³/mol. The lowest BCUT2D eigenvalue weighted by Crippen LogP contribution is -2.27. The summed E-state index contributed by atoms with van der Waals surface area (Å²) in [5.41, 5.74) is 4.34. The molecule has 172 valence electrons. The van der Waals surface area contributed by atoms with E-state index in [1.54, 1.807) is 20.4 Å². The third-order valence-electron chi connectivity index (χ3n) is 5.20. The molecule has 0 saturated heterocycles. The zero-order chi connectivity index (χ0) is 23.9. The highest BCUT2D eigenvalue weighted by Crippen LogP contribution is 2.35. The van der Waals surface area contributed by atoms with E-state index in [-0.39, 0.29) is 5.91 Å². The van der Waals surface area contributed by atoms with Crippen LogP contribution in [0.25, 0.3) is 10.9 Å². The summed E-state index contributed by atoms with van der Waals surface area (Å²) in [5.74, 6) is 1.56. The maximum Gasteiger partial charge on any atom is 0.229 e. The molecule has 0 bridgehead atoms. The fraction of sp³-hybridized carbons (Fsp3) is 0.111. The minimum Gasteiger partial charge on any atom is -0.493 e. The number of hydrogen-bond donors (Lipinski definition) is 3. The van der Waals surface area contributed by atoms with Gasteiger partial charge in [-0.3, -0.25) is 9.78 Å². The quantitative estimate of drug-likeness (QED) is 0.321. The molecule has 7 nitrogen and oxygen atoms in total. The van der Waals surface area contributed by atoms with E-state index in [0.717, 1.165) is 33.5 Å². The lowest BCUT2D eigenvalue weighted by atomic mass is 10.1. The zero-order valence-corrected chi connectivity index (χ0v) is 19.1. The Morgan fingerprint density at radius 3 is 2.29 bits per heavy atom. The molecule has 34 heavy (non-hydrogen) atoms. The molecule has 0 aliphatic rings. The van der Waals surface area contributed by atoms with Gasteiger partial charge >= 0.3 is 0 Å². The Labute approximate surface area is 198 Å². The van der Waals surface area contributed by atoms with Crippen molar-refractivity contribution < 1.29 is 14.3 Å². The van der Waals surface area contributed by atoms with Gasteiger partial charge in [-0.15, -0.1) is 0 Å². The van der Waals surface area contributed by atoms with E-state index in [1.165, 1.54) is 0 Å². The molecule has 1 amide bonds. The van der Waals surface area contributed by atoms with Crippen molar-refractivity contribution in [3.63, 3.8) is 0 Å². The Bertz CT molecular complexity index is 1310. The Kier molecular flexibility index (Phi) is 6.93. The van der Waals surface area contributed by atoms with Gasteiger partial charge in [-0.2, -0.15) is 0 Å². The molecule has 0 unspecified atom stereocenters. The van der Waals surface area contributed by atoms with Crippen LogP contribution in [-0.2, 0) is 11.2 Å². The minimum absolute atomic E-state index is 0.126. The predicted octanol–water partition coefficient (Wildman–Crippen LogP) is 5.24. The van der Waals surface area contributed by atoms with E-state index in [1.807, 2.05) is 72.8 Å².